The number of alkyl halides is 3. The molecule has 0 aliphatic carbocycles. The average molecular weight is 423 g/mol. The highest BCUT2D eigenvalue weighted by Gasteiger charge is 2.30. The van der Waals surface area contributed by atoms with Gasteiger partial charge in [-0.25, -0.2) is 9.78 Å². The van der Waals surface area contributed by atoms with E-state index in [1.165, 1.54) is 30.5 Å². The number of anilines is 2. The predicted octanol–water partition coefficient (Wildman–Crippen LogP) is 3.25. The molecule has 1 atom stereocenters. The molecule has 1 aromatic heterocycles. The van der Waals surface area contributed by atoms with Crippen LogP contribution in [0.5, 0.6) is 0 Å². The summed E-state index contributed by atoms with van der Waals surface area (Å²) in [6.45, 7) is 2.62. The van der Waals surface area contributed by atoms with Crippen molar-refractivity contribution in [2.75, 3.05) is 31.6 Å². The lowest BCUT2D eigenvalue weighted by Gasteiger charge is -2.30. The summed E-state index contributed by atoms with van der Waals surface area (Å²) in [4.78, 5) is 30.3. The van der Waals surface area contributed by atoms with Crippen LogP contribution in [0.4, 0.5) is 24.7 Å². The molecule has 0 radical (unpaired) electrons. The van der Waals surface area contributed by atoms with E-state index in [1.807, 2.05) is 6.92 Å². The maximum absolute atomic E-state index is 12.9. The number of halogens is 3. The molecule has 160 valence electrons. The van der Waals surface area contributed by atoms with Gasteiger partial charge in [-0.05, 0) is 37.3 Å². The number of carbonyl (C=O) groups excluding carboxylic acids is 2. The lowest BCUT2D eigenvalue weighted by molar-refractivity contribution is -0.141. The number of hydrogen-bond acceptors (Lipinski definition) is 6. The first-order valence-electron chi connectivity index (χ1n) is 9.20. The molecule has 1 unspecified atom stereocenters. The molecule has 30 heavy (non-hydrogen) atoms. The van der Waals surface area contributed by atoms with Crippen LogP contribution in [0.1, 0.15) is 22.8 Å². The molecule has 1 aliphatic heterocycles. The lowest BCUT2D eigenvalue weighted by Crippen LogP contribution is -2.46. The number of esters is 1. The lowest BCUT2D eigenvalue weighted by atomic mass is 10.2. The van der Waals surface area contributed by atoms with Crippen molar-refractivity contribution in [3.05, 3.63) is 53.7 Å². The smallest absolute Gasteiger partial charge is 0.416 e. The molecule has 10 heteroatoms. The van der Waals surface area contributed by atoms with Gasteiger partial charge in [-0.15, -0.1) is 0 Å². The summed E-state index contributed by atoms with van der Waals surface area (Å²) in [7, 11) is 0. The van der Waals surface area contributed by atoms with Crippen molar-refractivity contribution in [1.82, 2.24) is 9.88 Å². The summed E-state index contributed by atoms with van der Waals surface area (Å²) in [6.07, 6.45) is -3.21. The molecule has 2 heterocycles. The summed E-state index contributed by atoms with van der Waals surface area (Å²) >= 11 is 0. The number of hydrogen-bond donors (Lipinski definition) is 1. The van der Waals surface area contributed by atoms with Crippen molar-refractivity contribution in [2.24, 2.45) is 0 Å². The third kappa shape index (κ3) is 5.47. The highest BCUT2D eigenvalue weighted by Crippen LogP contribution is 2.31. The van der Waals surface area contributed by atoms with E-state index < -0.39 is 24.3 Å². The number of nitrogens with zero attached hydrogens (tertiary/aromatic N) is 2. The second-order valence-corrected chi connectivity index (χ2v) is 6.70. The molecule has 1 aromatic carbocycles. The Morgan fingerprint density at radius 3 is 2.83 bits per heavy atom. The minimum atomic E-state index is -4.50. The van der Waals surface area contributed by atoms with Crippen LogP contribution in [-0.4, -0.2) is 54.2 Å². The van der Waals surface area contributed by atoms with Gasteiger partial charge in [0.05, 0.1) is 18.3 Å². The molecule has 0 spiro atoms. The molecular formula is C20H20F3N3O4. The van der Waals surface area contributed by atoms with Gasteiger partial charge >= 0.3 is 12.1 Å². The number of aromatic nitrogens is 1. The Labute approximate surface area is 170 Å². The van der Waals surface area contributed by atoms with Gasteiger partial charge in [0.2, 0.25) is 0 Å². The zero-order chi connectivity index (χ0) is 21.7. The number of nitrogens with one attached hydrogen (secondary N) is 1. The average Bonchev–Trinajstić information content (AvgIpc) is 2.72. The first-order valence-corrected chi connectivity index (χ1v) is 9.20. The highest BCUT2D eigenvalue weighted by molar-refractivity contribution is 5.96. The second kappa shape index (κ2) is 9.12. The number of ether oxygens (including phenoxy) is 2. The molecule has 1 aliphatic rings. The molecular weight excluding hydrogens is 403 g/mol. The normalized spacial score (nSPS) is 16.8. The van der Waals surface area contributed by atoms with E-state index in [-0.39, 0.29) is 29.1 Å². The number of benzene rings is 1. The predicted molar refractivity (Wildman–Crippen MR) is 101 cm³/mol. The van der Waals surface area contributed by atoms with Gasteiger partial charge in [0.25, 0.3) is 5.91 Å². The van der Waals surface area contributed by atoms with E-state index in [4.69, 9.17) is 9.47 Å². The molecule has 1 amide bonds. The van der Waals surface area contributed by atoms with Crippen LogP contribution in [0, 0.1) is 0 Å². The van der Waals surface area contributed by atoms with Crippen molar-refractivity contribution < 1.29 is 32.2 Å². The summed E-state index contributed by atoms with van der Waals surface area (Å²) in [5, 5.41) is 2.70. The van der Waals surface area contributed by atoms with Crippen LogP contribution in [0.15, 0.2) is 42.6 Å². The fraction of sp³-hybridized carbons (Fsp3) is 0.350. The zero-order valence-corrected chi connectivity index (χ0v) is 16.1. The first-order chi connectivity index (χ1) is 14.2. The van der Waals surface area contributed by atoms with E-state index in [9.17, 15) is 22.8 Å². The van der Waals surface area contributed by atoms with Crippen molar-refractivity contribution >= 4 is 23.4 Å². The van der Waals surface area contributed by atoms with Crippen LogP contribution in [0.2, 0.25) is 0 Å². The standard InChI is InChI=1S/C20H20F3N3O4/c1-13-11-26(8-9-29-13)17(27)12-30-19(28)16-6-3-7-24-18(16)25-15-5-2-4-14(10-15)20(21,22)23/h2-7,10,13H,8-9,11-12H2,1H3,(H,24,25). The van der Waals surface area contributed by atoms with Gasteiger partial charge in [-0.2, -0.15) is 13.2 Å². The van der Waals surface area contributed by atoms with E-state index in [1.54, 1.807) is 4.90 Å². The molecule has 0 saturated carbocycles. The number of rotatable bonds is 5. The summed E-state index contributed by atoms with van der Waals surface area (Å²) in [5.41, 5.74) is -0.730. The molecule has 1 N–H and O–H groups in total. The van der Waals surface area contributed by atoms with Gasteiger partial charge in [-0.1, -0.05) is 6.07 Å². The fourth-order valence-electron chi connectivity index (χ4n) is 2.92. The van der Waals surface area contributed by atoms with Crippen LogP contribution >= 0.6 is 0 Å². The van der Waals surface area contributed by atoms with Crippen molar-refractivity contribution in [2.45, 2.75) is 19.2 Å². The van der Waals surface area contributed by atoms with E-state index >= 15 is 0 Å². The molecule has 3 rings (SSSR count). The van der Waals surface area contributed by atoms with E-state index in [2.05, 4.69) is 10.3 Å². The van der Waals surface area contributed by atoms with Crippen molar-refractivity contribution in [3.8, 4) is 0 Å². The van der Waals surface area contributed by atoms with Crippen LogP contribution in [0.3, 0.4) is 0 Å². The Hall–Kier alpha value is -3.14. The van der Waals surface area contributed by atoms with Gasteiger partial charge in [0.15, 0.2) is 6.61 Å². The summed E-state index contributed by atoms with van der Waals surface area (Å²) in [5.74, 6) is -1.14. The van der Waals surface area contributed by atoms with Crippen LogP contribution in [0.25, 0.3) is 0 Å². The zero-order valence-electron chi connectivity index (χ0n) is 16.1. The third-order valence-electron chi connectivity index (χ3n) is 4.40. The Morgan fingerprint density at radius 2 is 2.10 bits per heavy atom. The Morgan fingerprint density at radius 1 is 1.30 bits per heavy atom. The number of amides is 1. The fourth-order valence-corrected chi connectivity index (χ4v) is 2.92. The maximum atomic E-state index is 12.9. The first kappa shape index (κ1) is 21.6. The monoisotopic (exact) mass is 423 g/mol. The van der Waals surface area contributed by atoms with Crippen molar-refractivity contribution in [3.63, 3.8) is 0 Å². The van der Waals surface area contributed by atoms with E-state index in [0.717, 1.165) is 12.1 Å². The van der Waals surface area contributed by atoms with Gasteiger partial charge in [0, 0.05) is 25.0 Å². The number of pyridine rings is 1. The molecule has 0 bridgehead atoms. The van der Waals surface area contributed by atoms with E-state index in [0.29, 0.717) is 19.7 Å². The minimum absolute atomic E-state index is 0.00180. The Bertz CT molecular complexity index is 920. The largest absolute Gasteiger partial charge is 0.452 e. The number of carbonyl (C=O) groups is 2. The second-order valence-electron chi connectivity index (χ2n) is 6.70. The third-order valence-corrected chi connectivity index (χ3v) is 4.40. The highest BCUT2D eigenvalue weighted by atomic mass is 19.4. The molecule has 7 nitrogen and oxygen atoms in total. The Balaban J connectivity index is 1.67. The summed E-state index contributed by atoms with van der Waals surface area (Å²) in [6, 6.07) is 7.41. The van der Waals surface area contributed by atoms with Crippen LogP contribution < -0.4 is 5.32 Å². The topological polar surface area (TPSA) is 80.8 Å². The van der Waals surface area contributed by atoms with Crippen molar-refractivity contribution in [1.29, 1.82) is 0 Å². The van der Waals surface area contributed by atoms with Gasteiger partial charge in [0.1, 0.15) is 11.4 Å². The number of morpholine rings is 1. The SMILES string of the molecule is CC1CN(C(=O)COC(=O)c2cccnc2Nc2cccc(C(F)(F)F)c2)CCO1. The minimum Gasteiger partial charge on any atom is -0.452 e. The molecule has 1 fully saturated rings. The summed E-state index contributed by atoms with van der Waals surface area (Å²) < 4.78 is 49.2. The quantitative estimate of drug-likeness (QED) is 0.744. The maximum Gasteiger partial charge on any atom is 0.416 e. The molecule has 2 aromatic rings. The van der Waals surface area contributed by atoms with Gasteiger partial charge < -0.3 is 19.7 Å². The molecule has 1 saturated heterocycles. The Kier molecular flexibility index (Phi) is 6.56. The van der Waals surface area contributed by atoms with Gasteiger partial charge in [-0.3, -0.25) is 4.79 Å². The van der Waals surface area contributed by atoms with Crippen LogP contribution in [-0.2, 0) is 20.4 Å².